The van der Waals surface area contributed by atoms with Crippen LogP contribution in [-0.4, -0.2) is 14.8 Å². The highest BCUT2D eigenvalue weighted by atomic mass is 35.5. The van der Waals surface area contributed by atoms with Crippen LogP contribution in [0.2, 0.25) is 5.02 Å². The van der Waals surface area contributed by atoms with Crippen LogP contribution in [0, 0.1) is 0 Å². The number of hydrogen-bond donors (Lipinski definition) is 0. The topological polar surface area (TPSA) is 30.7 Å². The number of nitrogens with zero attached hydrogens (tertiary/aromatic N) is 3. The SMILES string of the molecule is Clc1cnn(Cc2cccnc2)c1. The van der Waals surface area contributed by atoms with Crippen molar-refractivity contribution >= 4 is 11.6 Å². The molecule has 2 aromatic heterocycles. The molecule has 0 bridgehead atoms. The predicted molar refractivity (Wildman–Crippen MR) is 50.6 cm³/mol. The van der Waals surface area contributed by atoms with Crippen molar-refractivity contribution in [2.45, 2.75) is 6.54 Å². The van der Waals surface area contributed by atoms with Crippen LogP contribution < -0.4 is 0 Å². The van der Waals surface area contributed by atoms with Crippen molar-refractivity contribution in [1.29, 1.82) is 0 Å². The monoisotopic (exact) mass is 193 g/mol. The highest BCUT2D eigenvalue weighted by Gasteiger charge is 1.96. The number of halogens is 1. The Kier molecular flexibility index (Phi) is 2.27. The van der Waals surface area contributed by atoms with E-state index in [9.17, 15) is 0 Å². The maximum atomic E-state index is 5.73. The molecule has 0 N–H and O–H groups in total. The van der Waals surface area contributed by atoms with Gasteiger partial charge < -0.3 is 0 Å². The molecule has 0 aliphatic carbocycles. The first-order chi connectivity index (χ1) is 6.34. The predicted octanol–water partition coefficient (Wildman–Crippen LogP) is 1.98. The zero-order valence-electron chi connectivity index (χ0n) is 6.89. The van der Waals surface area contributed by atoms with Gasteiger partial charge in [0.25, 0.3) is 0 Å². The molecular formula is C9H8ClN3. The Balaban J connectivity index is 2.15. The van der Waals surface area contributed by atoms with Crippen molar-refractivity contribution in [2.75, 3.05) is 0 Å². The second-order valence-corrected chi connectivity index (χ2v) is 3.15. The molecule has 0 saturated carbocycles. The van der Waals surface area contributed by atoms with Gasteiger partial charge in [0.15, 0.2) is 0 Å². The number of hydrogen-bond acceptors (Lipinski definition) is 2. The summed E-state index contributed by atoms with van der Waals surface area (Å²) in [6.45, 7) is 0.709. The van der Waals surface area contributed by atoms with Crippen molar-refractivity contribution in [3.8, 4) is 0 Å². The van der Waals surface area contributed by atoms with Gasteiger partial charge in [0.2, 0.25) is 0 Å². The number of pyridine rings is 1. The zero-order valence-corrected chi connectivity index (χ0v) is 7.65. The van der Waals surface area contributed by atoms with E-state index in [1.54, 1.807) is 23.3 Å². The van der Waals surface area contributed by atoms with Crippen molar-refractivity contribution in [3.05, 3.63) is 47.5 Å². The van der Waals surface area contributed by atoms with Crippen molar-refractivity contribution in [1.82, 2.24) is 14.8 Å². The molecule has 0 aromatic carbocycles. The Morgan fingerprint density at radius 2 is 2.31 bits per heavy atom. The van der Waals surface area contributed by atoms with Gasteiger partial charge in [-0.2, -0.15) is 5.10 Å². The molecule has 0 amide bonds. The molecule has 0 aliphatic rings. The van der Waals surface area contributed by atoms with Gasteiger partial charge in [-0.05, 0) is 11.6 Å². The van der Waals surface area contributed by atoms with Crippen LogP contribution in [0.4, 0.5) is 0 Å². The second kappa shape index (κ2) is 3.58. The Hall–Kier alpha value is -1.35. The molecule has 0 fully saturated rings. The fourth-order valence-electron chi connectivity index (χ4n) is 1.10. The van der Waals surface area contributed by atoms with E-state index >= 15 is 0 Å². The molecule has 4 heteroatoms. The molecule has 0 saturated heterocycles. The lowest BCUT2D eigenvalue weighted by Gasteiger charge is -1.99. The second-order valence-electron chi connectivity index (χ2n) is 2.72. The van der Waals surface area contributed by atoms with Crippen LogP contribution >= 0.6 is 11.6 Å². The van der Waals surface area contributed by atoms with E-state index < -0.39 is 0 Å². The highest BCUT2D eigenvalue weighted by molar-refractivity contribution is 6.30. The van der Waals surface area contributed by atoms with Crippen LogP contribution in [0.3, 0.4) is 0 Å². The van der Waals surface area contributed by atoms with Crippen LogP contribution in [0.1, 0.15) is 5.56 Å². The van der Waals surface area contributed by atoms with E-state index in [1.165, 1.54) is 0 Å². The Morgan fingerprint density at radius 3 is 2.92 bits per heavy atom. The molecule has 0 spiro atoms. The lowest BCUT2D eigenvalue weighted by molar-refractivity contribution is 0.685. The average Bonchev–Trinajstić information content (AvgIpc) is 2.53. The largest absolute Gasteiger partial charge is 0.267 e. The average molecular weight is 194 g/mol. The van der Waals surface area contributed by atoms with Crippen molar-refractivity contribution in [3.63, 3.8) is 0 Å². The first-order valence-corrected chi connectivity index (χ1v) is 4.29. The molecule has 66 valence electrons. The fourth-order valence-corrected chi connectivity index (χ4v) is 1.26. The van der Waals surface area contributed by atoms with E-state index in [0.717, 1.165) is 5.56 Å². The lowest BCUT2D eigenvalue weighted by Crippen LogP contribution is -1.99. The zero-order chi connectivity index (χ0) is 9.10. The molecule has 0 unspecified atom stereocenters. The van der Waals surface area contributed by atoms with Crippen LogP contribution in [0.5, 0.6) is 0 Å². The Labute approximate surface area is 81.0 Å². The van der Waals surface area contributed by atoms with Gasteiger partial charge in [-0.3, -0.25) is 9.67 Å². The standard InChI is InChI=1S/C9H8ClN3/c10-9-5-12-13(7-9)6-8-2-1-3-11-4-8/h1-5,7H,6H2. The van der Waals surface area contributed by atoms with Crippen LogP contribution in [-0.2, 0) is 6.54 Å². The summed E-state index contributed by atoms with van der Waals surface area (Å²) in [5.74, 6) is 0. The van der Waals surface area contributed by atoms with Crippen molar-refractivity contribution < 1.29 is 0 Å². The summed E-state index contributed by atoms with van der Waals surface area (Å²) in [6, 6.07) is 3.91. The molecule has 2 aromatic rings. The molecule has 0 atom stereocenters. The summed E-state index contributed by atoms with van der Waals surface area (Å²) in [5.41, 5.74) is 1.11. The third kappa shape index (κ3) is 2.06. The Bertz CT molecular complexity index is 383. The van der Waals surface area contributed by atoms with Crippen LogP contribution in [0.25, 0.3) is 0 Å². The molecule has 13 heavy (non-hydrogen) atoms. The summed E-state index contributed by atoms with van der Waals surface area (Å²) in [6.07, 6.45) is 6.97. The van der Waals surface area contributed by atoms with Gasteiger partial charge in [0, 0.05) is 18.6 Å². The molecule has 2 heterocycles. The van der Waals surface area contributed by atoms with Crippen LogP contribution in [0.15, 0.2) is 36.9 Å². The first-order valence-electron chi connectivity index (χ1n) is 3.91. The summed E-state index contributed by atoms with van der Waals surface area (Å²) < 4.78 is 1.78. The minimum absolute atomic E-state index is 0.656. The molecule has 0 aliphatic heterocycles. The van der Waals surface area contributed by atoms with E-state index in [0.29, 0.717) is 11.6 Å². The van der Waals surface area contributed by atoms with Gasteiger partial charge >= 0.3 is 0 Å². The summed E-state index contributed by atoms with van der Waals surface area (Å²) in [4.78, 5) is 4.01. The number of rotatable bonds is 2. The summed E-state index contributed by atoms with van der Waals surface area (Å²) in [5, 5.41) is 4.72. The maximum absolute atomic E-state index is 5.73. The first kappa shape index (κ1) is 8.26. The minimum atomic E-state index is 0.656. The smallest absolute Gasteiger partial charge is 0.0785 e. The van der Waals surface area contributed by atoms with Crippen molar-refractivity contribution in [2.24, 2.45) is 0 Å². The normalized spacial score (nSPS) is 10.2. The minimum Gasteiger partial charge on any atom is -0.267 e. The summed E-state index contributed by atoms with van der Waals surface area (Å²) >= 11 is 5.73. The summed E-state index contributed by atoms with van der Waals surface area (Å²) in [7, 11) is 0. The fraction of sp³-hybridized carbons (Fsp3) is 0.111. The van der Waals surface area contributed by atoms with E-state index in [1.807, 2.05) is 18.3 Å². The van der Waals surface area contributed by atoms with E-state index in [2.05, 4.69) is 10.1 Å². The van der Waals surface area contributed by atoms with Gasteiger partial charge in [-0.1, -0.05) is 17.7 Å². The van der Waals surface area contributed by atoms with Gasteiger partial charge in [0.05, 0.1) is 17.8 Å². The molecular weight excluding hydrogens is 186 g/mol. The molecule has 3 nitrogen and oxygen atoms in total. The van der Waals surface area contributed by atoms with Gasteiger partial charge in [-0.15, -0.1) is 0 Å². The van der Waals surface area contributed by atoms with E-state index in [4.69, 9.17) is 11.6 Å². The lowest BCUT2D eigenvalue weighted by atomic mass is 10.3. The third-order valence-electron chi connectivity index (χ3n) is 1.67. The number of aromatic nitrogens is 3. The van der Waals surface area contributed by atoms with E-state index in [-0.39, 0.29) is 0 Å². The third-order valence-corrected chi connectivity index (χ3v) is 1.86. The Morgan fingerprint density at radius 1 is 1.38 bits per heavy atom. The maximum Gasteiger partial charge on any atom is 0.0785 e. The van der Waals surface area contributed by atoms with Gasteiger partial charge in [-0.25, -0.2) is 0 Å². The van der Waals surface area contributed by atoms with Gasteiger partial charge in [0.1, 0.15) is 0 Å². The molecule has 0 radical (unpaired) electrons. The molecule has 2 rings (SSSR count). The highest BCUT2D eigenvalue weighted by Crippen LogP contribution is 2.06. The quantitative estimate of drug-likeness (QED) is 0.730.